The first kappa shape index (κ1) is 20.7. The van der Waals surface area contributed by atoms with Gasteiger partial charge in [-0.2, -0.15) is 0 Å². The highest BCUT2D eigenvalue weighted by molar-refractivity contribution is 7.23. The van der Waals surface area contributed by atoms with E-state index in [1.54, 1.807) is 0 Å². The Balaban J connectivity index is 1.32. The number of aromatic nitrogens is 2. The zero-order valence-electron chi connectivity index (χ0n) is 17.3. The molecule has 1 aromatic carbocycles. The van der Waals surface area contributed by atoms with Crippen molar-refractivity contribution in [2.75, 3.05) is 23.4 Å². The van der Waals surface area contributed by atoms with Gasteiger partial charge in [-0.3, -0.25) is 10.1 Å². The molecule has 164 valence electrons. The Hall–Kier alpha value is -3.24. The third kappa shape index (κ3) is 3.98. The fraction of sp³-hybridized carbons (Fsp3) is 0.273. The van der Waals surface area contributed by atoms with E-state index in [2.05, 4.69) is 33.1 Å². The van der Waals surface area contributed by atoms with Crippen molar-refractivity contribution in [2.45, 2.75) is 12.8 Å². The van der Waals surface area contributed by atoms with E-state index in [4.69, 9.17) is 10.7 Å². The van der Waals surface area contributed by atoms with Crippen molar-refractivity contribution >= 4 is 51.2 Å². The van der Waals surface area contributed by atoms with E-state index < -0.39 is 0 Å². The Morgan fingerprint density at radius 1 is 1.16 bits per heavy atom. The first-order valence-electron chi connectivity index (χ1n) is 10.3. The number of urea groups is 1. The molecule has 5 N–H and O–H groups in total. The third-order valence-corrected chi connectivity index (χ3v) is 7.82. The second-order valence-corrected chi connectivity index (χ2v) is 9.79. The number of carbonyl (C=O) groups is 2. The summed E-state index contributed by atoms with van der Waals surface area (Å²) in [5.41, 5.74) is 8.51. The van der Waals surface area contributed by atoms with Gasteiger partial charge in [0, 0.05) is 29.6 Å². The Morgan fingerprint density at radius 2 is 2.03 bits per heavy atom. The highest BCUT2D eigenvalue weighted by atomic mass is 32.1. The number of thiazole rings is 2. The first-order valence-corrected chi connectivity index (χ1v) is 12.0. The summed E-state index contributed by atoms with van der Waals surface area (Å²) in [5, 5.41) is 11.3. The van der Waals surface area contributed by atoms with E-state index in [1.165, 1.54) is 29.7 Å². The summed E-state index contributed by atoms with van der Waals surface area (Å²) < 4.78 is 0. The standard InChI is InChI=1S/C22H22N6O2S2/c1-24-21(30)28-22-27-18(23)17(32-22)20-26-16(10-31-20)13-3-2-4-14(9-13)25-19(29)15-8-11-5-6-12(15)7-11/h2-6,9-12,15H,7-8,23H2,1H3,(H,25,29)(H2,24,27,28,30). The zero-order chi connectivity index (χ0) is 22.2. The van der Waals surface area contributed by atoms with Gasteiger partial charge in [0.2, 0.25) is 5.91 Å². The number of allylic oxidation sites excluding steroid dienone is 2. The number of benzene rings is 1. The fourth-order valence-corrected chi connectivity index (χ4v) is 6.09. The highest BCUT2D eigenvalue weighted by Crippen LogP contribution is 2.44. The minimum atomic E-state index is -0.356. The van der Waals surface area contributed by atoms with Crippen LogP contribution in [0, 0.1) is 17.8 Å². The summed E-state index contributed by atoms with van der Waals surface area (Å²) in [6.45, 7) is 0. The van der Waals surface area contributed by atoms with E-state index >= 15 is 0 Å². The number of nitrogens with two attached hydrogens (primary N) is 1. The van der Waals surface area contributed by atoms with Crippen LogP contribution in [0.3, 0.4) is 0 Å². The van der Waals surface area contributed by atoms with Crippen molar-refractivity contribution in [3.8, 4) is 21.1 Å². The lowest BCUT2D eigenvalue weighted by Gasteiger charge is -2.17. The fourth-order valence-electron chi connectivity index (χ4n) is 4.28. The molecule has 2 aliphatic rings. The lowest BCUT2D eigenvalue weighted by Crippen LogP contribution is -2.25. The molecule has 3 atom stereocenters. The molecule has 0 saturated heterocycles. The molecular formula is C22H22N6O2S2. The molecule has 32 heavy (non-hydrogen) atoms. The molecule has 3 unspecified atom stereocenters. The summed E-state index contributed by atoms with van der Waals surface area (Å²) in [6, 6.07) is 7.36. The summed E-state index contributed by atoms with van der Waals surface area (Å²) in [7, 11) is 1.53. The van der Waals surface area contributed by atoms with Gasteiger partial charge in [0.1, 0.15) is 15.7 Å². The van der Waals surface area contributed by atoms with E-state index in [0.717, 1.165) is 34.8 Å². The number of rotatable bonds is 5. The van der Waals surface area contributed by atoms with Gasteiger partial charge in [-0.25, -0.2) is 14.8 Å². The van der Waals surface area contributed by atoms with Crippen LogP contribution >= 0.6 is 22.7 Å². The lowest BCUT2D eigenvalue weighted by molar-refractivity contribution is -0.120. The van der Waals surface area contributed by atoms with E-state index in [-0.39, 0.29) is 17.9 Å². The van der Waals surface area contributed by atoms with Crippen molar-refractivity contribution in [2.24, 2.45) is 17.8 Å². The topological polar surface area (TPSA) is 122 Å². The summed E-state index contributed by atoms with van der Waals surface area (Å²) >= 11 is 2.73. The number of amides is 3. The molecule has 1 fully saturated rings. The maximum Gasteiger partial charge on any atom is 0.320 e. The molecule has 3 aromatic rings. The van der Waals surface area contributed by atoms with Gasteiger partial charge in [0.05, 0.1) is 5.69 Å². The van der Waals surface area contributed by atoms with Crippen molar-refractivity contribution in [3.63, 3.8) is 0 Å². The summed E-state index contributed by atoms with van der Waals surface area (Å²) in [5.74, 6) is 1.40. The van der Waals surface area contributed by atoms with Crippen LogP contribution in [0.2, 0.25) is 0 Å². The molecule has 2 aliphatic carbocycles. The monoisotopic (exact) mass is 466 g/mol. The summed E-state index contributed by atoms with van der Waals surface area (Å²) in [4.78, 5) is 33.9. The number of anilines is 3. The van der Waals surface area contributed by atoms with Gasteiger partial charge in [-0.1, -0.05) is 35.6 Å². The number of nitrogens with zero attached hydrogens (tertiary/aromatic N) is 2. The third-order valence-electron chi connectivity index (χ3n) is 5.84. The molecular weight excluding hydrogens is 444 g/mol. The Morgan fingerprint density at radius 3 is 2.78 bits per heavy atom. The van der Waals surface area contributed by atoms with Gasteiger partial charge in [-0.05, 0) is 36.8 Å². The van der Waals surface area contributed by atoms with E-state index in [9.17, 15) is 9.59 Å². The van der Waals surface area contributed by atoms with Crippen molar-refractivity contribution in [1.82, 2.24) is 15.3 Å². The second-order valence-electron chi connectivity index (χ2n) is 7.93. The van der Waals surface area contributed by atoms with Crippen LogP contribution in [0.5, 0.6) is 0 Å². The first-order chi connectivity index (χ1) is 15.5. The van der Waals surface area contributed by atoms with Gasteiger partial charge >= 0.3 is 6.03 Å². The van der Waals surface area contributed by atoms with Crippen LogP contribution in [0.1, 0.15) is 12.8 Å². The van der Waals surface area contributed by atoms with Crippen LogP contribution in [0.15, 0.2) is 41.8 Å². The number of hydrogen-bond donors (Lipinski definition) is 4. The Bertz CT molecular complexity index is 1220. The average molecular weight is 467 g/mol. The lowest BCUT2D eigenvalue weighted by atomic mass is 9.93. The SMILES string of the molecule is CNC(=O)Nc1nc(N)c(-c2nc(-c3cccc(NC(=O)C4CC5C=CC4C5)c3)cs2)s1. The normalized spacial score (nSPS) is 21.0. The number of hydrogen-bond acceptors (Lipinski definition) is 7. The van der Waals surface area contributed by atoms with Crippen LogP contribution < -0.4 is 21.7 Å². The minimum Gasteiger partial charge on any atom is -0.382 e. The van der Waals surface area contributed by atoms with Gasteiger partial charge < -0.3 is 16.4 Å². The Labute approximate surface area is 193 Å². The predicted octanol–water partition coefficient (Wildman–Crippen LogP) is 4.42. The molecule has 8 nitrogen and oxygen atoms in total. The molecule has 2 bridgehead atoms. The largest absolute Gasteiger partial charge is 0.382 e. The Kier molecular flexibility index (Phi) is 5.40. The van der Waals surface area contributed by atoms with Crippen LogP contribution in [-0.2, 0) is 4.79 Å². The van der Waals surface area contributed by atoms with Crippen molar-refractivity contribution in [1.29, 1.82) is 0 Å². The maximum atomic E-state index is 12.8. The minimum absolute atomic E-state index is 0.0615. The maximum absolute atomic E-state index is 12.8. The molecule has 1 saturated carbocycles. The van der Waals surface area contributed by atoms with Gasteiger partial charge in [0.25, 0.3) is 0 Å². The van der Waals surface area contributed by atoms with Gasteiger partial charge in [0.15, 0.2) is 5.13 Å². The molecule has 2 heterocycles. The number of carbonyl (C=O) groups excluding carboxylic acids is 2. The quantitative estimate of drug-likeness (QED) is 0.415. The molecule has 2 aromatic heterocycles. The predicted molar refractivity (Wildman–Crippen MR) is 129 cm³/mol. The highest BCUT2D eigenvalue weighted by Gasteiger charge is 2.39. The molecule has 3 amide bonds. The molecule has 5 rings (SSSR count). The number of nitrogens with one attached hydrogen (secondary N) is 3. The van der Waals surface area contributed by atoms with Gasteiger partial charge in [-0.15, -0.1) is 11.3 Å². The second kappa shape index (κ2) is 8.36. The molecule has 0 spiro atoms. The molecule has 0 radical (unpaired) electrons. The smallest absolute Gasteiger partial charge is 0.320 e. The number of nitrogen functional groups attached to an aromatic ring is 1. The van der Waals surface area contributed by atoms with Crippen LogP contribution in [-0.4, -0.2) is 29.0 Å². The average Bonchev–Trinajstić information content (AvgIpc) is 3.58. The number of fused-ring (bicyclic) bond motifs is 2. The van der Waals surface area contributed by atoms with Crippen LogP contribution in [0.4, 0.5) is 21.4 Å². The molecule has 0 aliphatic heterocycles. The van der Waals surface area contributed by atoms with Crippen molar-refractivity contribution < 1.29 is 9.59 Å². The van der Waals surface area contributed by atoms with Crippen molar-refractivity contribution in [3.05, 3.63) is 41.8 Å². The van der Waals surface area contributed by atoms with E-state index in [0.29, 0.717) is 27.7 Å². The van der Waals surface area contributed by atoms with Crippen LogP contribution in [0.25, 0.3) is 21.1 Å². The summed E-state index contributed by atoms with van der Waals surface area (Å²) in [6.07, 6.45) is 6.46. The van der Waals surface area contributed by atoms with E-state index in [1.807, 2.05) is 29.6 Å². The zero-order valence-corrected chi connectivity index (χ0v) is 18.9. The molecule has 10 heteroatoms.